The normalized spacial score (nSPS) is 11.1. The van der Waals surface area contributed by atoms with Crippen molar-refractivity contribution in [2.24, 2.45) is 0 Å². The van der Waals surface area contributed by atoms with Crippen molar-refractivity contribution in [2.45, 2.75) is 20.3 Å². The summed E-state index contributed by atoms with van der Waals surface area (Å²) in [5.74, 6) is 1.83. The Hall–Kier alpha value is -3.21. The Labute approximate surface area is 158 Å². The van der Waals surface area contributed by atoms with Crippen LogP contribution >= 0.6 is 0 Å². The zero-order chi connectivity index (χ0) is 19.4. The zero-order valence-electron chi connectivity index (χ0n) is 16.0. The molecule has 0 radical (unpaired) electrons. The number of furan rings is 1. The summed E-state index contributed by atoms with van der Waals surface area (Å²) < 4.78 is 16.4. The predicted molar refractivity (Wildman–Crippen MR) is 108 cm³/mol. The van der Waals surface area contributed by atoms with Crippen LogP contribution in [0.1, 0.15) is 23.8 Å². The van der Waals surface area contributed by atoms with E-state index in [-0.39, 0.29) is 5.91 Å². The number of carbonyl (C=O) groups is 1. The molecule has 27 heavy (non-hydrogen) atoms. The van der Waals surface area contributed by atoms with Crippen LogP contribution in [0.25, 0.3) is 17.0 Å². The van der Waals surface area contributed by atoms with Gasteiger partial charge in [-0.15, -0.1) is 0 Å². The lowest BCUT2D eigenvalue weighted by atomic mass is 10.1. The van der Waals surface area contributed by atoms with Crippen LogP contribution in [0.4, 0.5) is 5.69 Å². The highest BCUT2D eigenvalue weighted by Gasteiger charge is 2.12. The van der Waals surface area contributed by atoms with Gasteiger partial charge in [-0.1, -0.05) is 25.1 Å². The molecule has 3 aromatic rings. The predicted octanol–water partition coefficient (Wildman–Crippen LogP) is 4.97. The number of rotatable bonds is 6. The molecule has 5 heteroatoms. The van der Waals surface area contributed by atoms with E-state index in [2.05, 4.69) is 5.32 Å². The molecule has 1 heterocycles. The number of hydrogen-bond acceptors (Lipinski definition) is 4. The number of fused-ring (bicyclic) bond motifs is 1. The van der Waals surface area contributed by atoms with Gasteiger partial charge in [0, 0.05) is 35.2 Å². The quantitative estimate of drug-likeness (QED) is 0.626. The molecule has 1 amide bonds. The molecule has 0 aliphatic rings. The first-order chi connectivity index (χ1) is 13.1. The van der Waals surface area contributed by atoms with Crippen LogP contribution in [-0.2, 0) is 11.2 Å². The lowest BCUT2D eigenvalue weighted by molar-refractivity contribution is -0.111. The third kappa shape index (κ3) is 3.82. The van der Waals surface area contributed by atoms with Crippen LogP contribution in [0, 0.1) is 6.92 Å². The fraction of sp³-hybridized carbons (Fsp3) is 0.227. The van der Waals surface area contributed by atoms with Crippen molar-refractivity contribution < 1.29 is 18.7 Å². The molecule has 3 rings (SSSR count). The number of para-hydroxylation sites is 1. The van der Waals surface area contributed by atoms with Crippen molar-refractivity contribution in [1.82, 2.24) is 0 Å². The Balaban J connectivity index is 1.85. The molecule has 2 aromatic carbocycles. The highest BCUT2D eigenvalue weighted by molar-refractivity contribution is 6.04. The molecule has 0 aliphatic carbocycles. The number of amides is 1. The highest BCUT2D eigenvalue weighted by atomic mass is 16.5. The molecule has 1 aromatic heterocycles. The molecule has 0 fully saturated rings. The third-order valence-electron chi connectivity index (χ3n) is 4.42. The SMILES string of the molecule is CCc1oc2ccccc2c1C=CC(=O)Nc1cc(OC)c(OC)cc1C. The topological polar surface area (TPSA) is 60.7 Å². The Kier molecular flexibility index (Phi) is 5.50. The lowest BCUT2D eigenvalue weighted by Gasteiger charge is -2.12. The number of hydrogen-bond donors (Lipinski definition) is 1. The molecule has 0 saturated heterocycles. The van der Waals surface area contributed by atoms with E-state index < -0.39 is 0 Å². The first kappa shape index (κ1) is 18.6. The molecule has 0 spiro atoms. The highest BCUT2D eigenvalue weighted by Crippen LogP contribution is 2.33. The smallest absolute Gasteiger partial charge is 0.248 e. The standard InChI is InChI=1S/C22H23NO4/c1-5-18-16(15-8-6-7-9-19(15)27-18)10-11-22(24)23-17-13-21(26-4)20(25-3)12-14(17)2/h6-13H,5H2,1-4H3,(H,23,24). The number of nitrogens with one attached hydrogen (secondary N) is 1. The average molecular weight is 365 g/mol. The fourth-order valence-corrected chi connectivity index (χ4v) is 3.01. The van der Waals surface area contributed by atoms with E-state index in [0.29, 0.717) is 17.2 Å². The minimum Gasteiger partial charge on any atom is -0.493 e. The van der Waals surface area contributed by atoms with Crippen molar-refractivity contribution in [3.05, 3.63) is 59.4 Å². The number of anilines is 1. The van der Waals surface area contributed by atoms with Crippen LogP contribution in [-0.4, -0.2) is 20.1 Å². The lowest BCUT2D eigenvalue weighted by Crippen LogP contribution is -2.09. The van der Waals surface area contributed by atoms with E-state index in [9.17, 15) is 4.79 Å². The van der Waals surface area contributed by atoms with Gasteiger partial charge in [-0.2, -0.15) is 0 Å². The summed E-state index contributed by atoms with van der Waals surface area (Å²) in [6.45, 7) is 3.93. The Morgan fingerprint density at radius 2 is 1.85 bits per heavy atom. The van der Waals surface area contributed by atoms with Gasteiger partial charge in [0.1, 0.15) is 11.3 Å². The van der Waals surface area contributed by atoms with Crippen LogP contribution in [0.5, 0.6) is 11.5 Å². The minimum atomic E-state index is -0.224. The van der Waals surface area contributed by atoms with Gasteiger partial charge in [-0.25, -0.2) is 0 Å². The van der Waals surface area contributed by atoms with Gasteiger partial charge in [0.15, 0.2) is 11.5 Å². The first-order valence-corrected chi connectivity index (χ1v) is 8.79. The van der Waals surface area contributed by atoms with Crippen molar-refractivity contribution in [3.8, 4) is 11.5 Å². The fourth-order valence-electron chi connectivity index (χ4n) is 3.01. The molecule has 1 N–H and O–H groups in total. The van der Waals surface area contributed by atoms with Crippen LogP contribution in [0.3, 0.4) is 0 Å². The minimum absolute atomic E-state index is 0.224. The third-order valence-corrected chi connectivity index (χ3v) is 4.42. The Morgan fingerprint density at radius 3 is 2.56 bits per heavy atom. The van der Waals surface area contributed by atoms with Gasteiger partial charge in [0.2, 0.25) is 5.91 Å². The van der Waals surface area contributed by atoms with Crippen LogP contribution in [0.15, 0.2) is 46.9 Å². The maximum Gasteiger partial charge on any atom is 0.248 e. The van der Waals surface area contributed by atoms with Crippen molar-refractivity contribution >= 4 is 28.6 Å². The summed E-state index contributed by atoms with van der Waals surface area (Å²) in [7, 11) is 3.15. The van der Waals surface area contributed by atoms with Gasteiger partial charge in [0.05, 0.1) is 14.2 Å². The van der Waals surface area contributed by atoms with E-state index in [1.807, 2.05) is 44.2 Å². The van der Waals surface area contributed by atoms with E-state index in [1.165, 1.54) is 6.08 Å². The Morgan fingerprint density at radius 1 is 1.15 bits per heavy atom. The van der Waals surface area contributed by atoms with Gasteiger partial charge in [0.25, 0.3) is 0 Å². The first-order valence-electron chi connectivity index (χ1n) is 8.79. The van der Waals surface area contributed by atoms with E-state index in [0.717, 1.165) is 34.3 Å². The van der Waals surface area contributed by atoms with E-state index in [4.69, 9.17) is 13.9 Å². The van der Waals surface area contributed by atoms with Crippen LogP contribution in [0.2, 0.25) is 0 Å². The maximum absolute atomic E-state index is 12.4. The van der Waals surface area contributed by atoms with Crippen molar-refractivity contribution in [3.63, 3.8) is 0 Å². The van der Waals surface area contributed by atoms with Gasteiger partial charge < -0.3 is 19.2 Å². The molecule has 0 bridgehead atoms. The molecule has 5 nitrogen and oxygen atoms in total. The summed E-state index contributed by atoms with van der Waals surface area (Å²) >= 11 is 0. The van der Waals surface area contributed by atoms with Gasteiger partial charge >= 0.3 is 0 Å². The summed E-state index contributed by atoms with van der Waals surface area (Å²) in [6.07, 6.45) is 4.08. The molecule has 0 saturated carbocycles. The molecule has 140 valence electrons. The van der Waals surface area contributed by atoms with Crippen molar-refractivity contribution in [2.75, 3.05) is 19.5 Å². The Bertz CT molecular complexity index is 1000. The molecule has 0 atom stereocenters. The molecular formula is C22H23NO4. The van der Waals surface area contributed by atoms with E-state index in [1.54, 1.807) is 26.4 Å². The van der Waals surface area contributed by atoms with Crippen LogP contribution < -0.4 is 14.8 Å². The second kappa shape index (κ2) is 7.99. The zero-order valence-corrected chi connectivity index (χ0v) is 16.0. The monoisotopic (exact) mass is 365 g/mol. The molecule has 0 unspecified atom stereocenters. The van der Waals surface area contributed by atoms with Gasteiger partial charge in [-0.3, -0.25) is 4.79 Å². The second-order valence-corrected chi connectivity index (χ2v) is 6.13. The number of benzene rings is 2. The number of aryl methyl sites for hydroxylation is 2. The summed E-state index contributed by atoms with van der Waals surface area (Å²) in [5, 5.41) is 3.89. The molecule has 0 aliphatic heterocycles. The average Bonchev–Trinajstić information content (AvgIpc) is 3.05. The molecular weight excluding hydrogens is 342 g/mol. The summed E-state index contributed by atoms with van der Waals surface area (Å²) in [4.78, 5) is 12.4. The summed E-state index contributed by atoms with van der Waals surface area (Å²) in [5.41, 5.74) is 3.32. The number of ether oxygens (including phenoxy) is 2. The maximum atomic E-state index is 12.4. The second-order valence-electron chi connectivity index (χ2n) is 6.13. The van der Waals surface area contributed by atoms with Gasteiger partial charge in [-0.05, 0) is 30.7 Å². The number of carbonyl (C=O) groups excluding carboxylic acids is 1. The largest absolute Gasteiger partial charge is 0.493 e. The van der Waals surface area contributed by atoms with Crippen molar-refractivity contribution in [1.29, 1.82) is 0 Å². The van der Waals surface area contributed by atoms with E-state index >= 15 is 0 Å². The number of methoxy groups -OCH3 is 2. The summed E-state index contributed by atoms with van der Waals surface area (Å²) in [6, 6.07) is 11.4.